The lowest BCUT2D eigenvalue weighted by molar-refractivity contribution is -0.119. The predicted octanol–water partition coefficient (Wildman–Crippen LogP) is 2.17. The van der Waals surface area contributed by atoms with Gasteiger partial charge in [0.2, 0.25) is 12.0 Å². The third kappa shape index (κ3) is 2.18. The highest BCUT2D eigenvalue weighted by molar-refractivity contribution is 5.94. The van der Waals surface area contributed by atoms with Gasteiger partial charge in [0.05, 0.1) is 5.69 Å². The zero-order valence-electron chi connectivity index (χ0n) is 8.85. The zero-order valence-corrected chi connectivity index (χ0v) is 8.85. The minimum absolute atomic E-state index is 0.165. The molecule has 0 unspecified atom stereocenters. The van der Waals surface area contributed by atoms with Gasteiger partial charge >= 0.3 is 0 Å². The summed E-state index contributed by atoms with van der Waals surface area (Å²) in [7, 11) is 0. The molecular formula is C12H12N2O2. The minimum Gasteiger partial charge on any atom is -0.312 e. The van der Waals surface area contributed by atoms with E-state index in [0.29, 0.717) is 12.1 Å². The molecule has 1 amide bonds. The van der Waals surface area contributed by atoms with Gasteiger partial charge in [-0.1, -0.05) is 0 Å². The van der Waals surface area contributed by atoms with Crippen molar-refractivity contribution in [3.8, 4) is 0 Å². The Morgan fingerprint density at radius 3 is 2.56 bits per heavy atom. The largest absolute Gasteiger partial charge is 0.312 e. The average molecular weight is 216 g/mol. The fourth-order valence-corrected chi connectivity index (χ4v) is 1.84. The van der Waals surface area contributed by atoms with E-state index in [0.717, 1.165) is 25.1 Å². The molecule has 1 heterocycles. The second kappa shape index (κ2) is 4.73. The maximum atomic E-state index is 11.6. The fourth-order valence-electron chi connectivity index (χ4n) is 1.84. The number of aliphatic imine (C=N–C) groups is 1. The molecule has 0 radical (unpaired) electrons. The fraction of sp³-hybridized carbons (Fsp3) is 0.333. The van der Waals surface area contributed by atoms with Crippen molar-refractivity contribution in [2.45, 2.75) is 19.3 Å². The summed E-state index contributed by atoms with van der Waals surface area (Å²) in [6.45, 7) is 0.773. The van der Waals surface area contributed by atoms with E-state index in [2.05, 4.69) is 4.99 Å². The van der Waals surface area contributed by atoms with Crippen LogP contribution in [0.15, 0.2) is 29.3 Å². The number of rotatable bonds is 2. The van der Waals surface area contributed by atoms with Gasteiger partial charge in [-0.25, -0.2) is 4.79 Å². The highest BCUT2D eigenvalue weighted by Crippen LogP contribution is 2.23. The second-order valence-corrected chi connectivity index (χ2v) is 3.72. The molecule has 0 atom stereocenters. The molecule has 0 aliphatic carbocycles. The van der Waals surface area contributed by atoms with Crippen LogP contribution in [0.25, 0.3) is 0 Å². The van der Waals surface area contributed by atoms with Gasteiger partial charge < -0.3 is 4.90 Å². The number of isocyanates is 1. The summed E-state index contributed by atoms with van der Waals surface area (Å²) in [5.41, 5.74) is 1.43. The van der Waals surface area contributed by atoms with E-state index in [1.54, 1.807) is 29.2 Å². The van der Waals surface area contributed by atoms with E-state index >= 15 is 0 Å². The standard InChI is InChI=1S/C12H12N2O2/c15-9-13-10-4-6-11(7-5-10)14-8-2-1-3-12(14)16/h4-7H,1-3,8H2. The average Bonchev–Trinajstić information content (AvgIpc) is 2.31. The maximum absolute atomic E-state index is 11.6. The van der Waals surface area contributed by atoms with Crippen molar-refractivity contribution < 1.29 is 9.59 Å². The molecule has 1 aliphatic heterocycles. The first-order chi connectivity index (χ1) is 7.81. The highest BCUT2D eigenvalue weighted by atomic mass is 16.2. The zero-order chi connectivity index (χ0) is 11.4. The van der Waals surface area contributed by atoms with E-state index < -0.39 is 0 Å². The third-order valence-corrected chi connectivity index (χ3v) is 2.66. The molecule has 1 fully saturated rings. The molecule has 0 bridgehead atoms. The van der Waals surface area contributed by atoms with Crippen LogP contribution in [-0.2, 0) is 9.59 Å². The van der Waals surface area contributed by atoms with Crippen molar-refractivity contribution in [1.29, 1.82) is 0 Å². The number of carbonyl (C=O) groups is 1. The molecule has 2 rings (SSSR count). The number of hydrogen-bond acceptors (Lipinski definition) is 3. The molecule has 1 aromatic rings. The molecule has 0 aromatic heterocycles. The van der Waals surface area contributed by atoms with E-state index in [-0.39, 0.29) is 5.91 Å². The first kappa shape index (κ1) is 10.6. The number of nitrogens with zero attached hydrogens (tertiary/aromatic N) is 2. The minimum atomic E-state index is 0.165. The van der Waals surface area contributed by atoms with E-state index in [1.165, 1.54) is 6.08 Å². The molecule has 0 saturated carbocycles. The van der Waals surface area contributed by atoms with Gasteiger partial charge in [-0.3, -0.25) is 4.79 Å². The van der Waals surface area contributed by atoms with Gasteiger partial charge in [-0.15, -0.1) is 0 Å². The quantitative estimate of drug-likeness (QED) is 0.562. The summed E-state index contributed by atoms with van der Waals surface area (Å²) in [4.78, 5) is 27.0. The van der Waals surface area contributed by atoms with Gasteiger partial charge in [0.1, 0.15) is 0 Å². The molecule has 16 heavy (non-hydrogen) atoms. The highest BCUT2D eigenvalue weighted by Gasteiger charge is 2.19. The molecular weight excluding hydrogens is 204 g/mol. The molecule has 1 aliphatic rings. The molecule has 1 aromatic carbocycles. The van der Waals surface area contributed by atoms with Crippen LogP contribution in [0, 0.1) is 0 Å². The van der Waals surface area contributed by atoms with Crippen LogP contribution in [0.3, 0.4) is 0 Å². The number of piperidine rings is 1. The Hall–Kier alpha value is -1.93. The smallest absolute Gasteiger partial charge is 0.240 e. The molecule has 0 spiro atoms. The van der Waals surface area contributed by atoms with Gasteiger partial charge in [-0.2, -0.15) is 4.99 Å². The molecule has 4 nitrogen and oxygen atoms in total. The number of benzene rings is 1. The van der Waals surface area contributed by atoms with Crippen LogP contribution < -0.4 is 4.90 Å². The Balaban J connectivity index is 2.20. The van der Waals surface area contributed by atoms with Gasteiger partial charge in [0.25, 0.3) is 0 Å². The molecule has 0 N–H and O–H groups in total. The Morgan fingerprint density at radius 1 is 1.19 bits per heavy atom. The summed E-state index contributed by atoms with van der Waals surface area (Å²) in [6, 6.07) is 7.03. The van der Waals surface area contributed by atoms with E-state index in [9.17, 15) is 9.59 Å². The molecule has 82 valence electrons. The number of anilines is 1. The van der Waals surface area contributed by atoms with E-state index in [4.69, 9.17) is 0 Å². The van der Waals surface area contributed by atoms with Crippen molar-refractivity contribution in [3.63, 3.8) is 0 Å². The summed E-state index contributed by atoms with van der Waals surface area (Å²) in [5.74, 6) is 0.165. The van der Waals surface area contributed by atoms with Gasteiger partial charge in [0.15, 0.2) is 0 Å². The summed E-state index contributed by atoms with van der Waals surface area (Å²) in [5, 5.41) is 0. The number of amides is 1. The lowest BCUT2D eigenvalue weighted by Crippen LogP contribution is -2.35. The van der Waals surface area contributed by atoms with Crippen molar-refractivity contribution in [3.05, 3.63) is 24.3 Å². The maximum Gasteiger partial charge on any atom is 0.240 e. The number of hydrogen-bond donors (Lipinski definition) is 0. The SMILES string of the molecule is O=C=Nc1ccc(N2CCCCC2=O)cc1. The second-order valence-electron chi connectivity index (χ2n) is 3.72. The summed E-state index contributed by atoms with van der Waals surface area (Å²) in [6.07, 6.45) is 4.12. The van der Waals surface area contributed by atoms with Crippen molar-refractivity contribution >= 4 is 23.4 Å². The lowest BCUT2D eigenvalue weighted by Gasteiger charge is -2.26. The Morgan fingerprint density at radius 2 is 1.94 bits per heavy atom. The van der Waals surface area contributed by atoms with E-state index in [1.807, 2.05) is 0 Å². The summed E-state index contributed by atoms with van der Waals surface area (Å²) >= 11 is 0. The Kier molecular flexibility index (Phi) is 3.13. The van der Waals surface area contributed by atoms with Crippen molar-refractivity contribution in [1.82, 2.24) is 0 Å². The molecule has 1 saturated heterocycles. The normalized spacial score (nSPS) is 15.8. The third-order valence-electron chi connectivity index (χ3n) is 2.66. The van der Waals surface area contributed by atoms with Gasteiger partial charge in [0, 0.05) is 18.7 Å². The van der Waals surface area contributed by atoms with Crippen LogP contribution in [-0.4, -0.2) is 18.5 Å². The Bertz CT molecular complexity index is 433. The Labute approximate surface area is 93.6 Å². The monoisotopic (exact) mass is 216 g/mol. The lowest BCUT2D eigenvalue weighted by atomic mass is 10.1. The van der Waals surface area contributed by atoms with Crippen molar-refractivity contribution in [2.24, 2.45) is 4.99 Å². The molecule has 4 heteroatoms. The van der Waals surface area contributed by atoms with Crippen LogP contribution in [0.2, 0.25) is 0 Å². The van der Waals surface area contributed by atoms with Gasteiger partial charge in [-0.05, 0) is 37.1 Å². The van der Waals surface area contributed by atoms with Crippen LogP contribution >= 0.6 is 0 Å². The van der Waals surface area contributed by atoms with Crippen LogP contribution in [0.1, 0.15) is 19.3 Å². The predicted molar refractivity (Wildman–Crippen MR) is 60.4 cm³/mol. The van der Waals surface area contributed by atoms with Crippen LogP contribution in [0.5, 0.6) is 0 Å². The summed E-state index contributed by atoms with van der Waals surface area (Å²) < 4.78 is 0. The van der Waals surface area contributed by atoms with Crippen LogP contribution in [0.4, 0.5) is 11.4 Å². The topological polar surface area (TPSA) is 49.7 Å². The first-order valence-corrected chi connectivity index (χ1v) is 5.29. The number of carbonyl (C=O) groups excluding carboxylic acids is 2. The first-order valence-electron chi connectivity index (χ1n) is 5.29. The van der Waals surface area contributed by atoms with Crippen molar-refractivity contribution in [2.75, 3.05) is 11.4 Å².